The van der Waals surface area contributed by atoms with E-state index in [1.165, 1.54) is 0 Å². The molecule has 0 atom stereocenters. The second-order valence-electron chi connectivity index (χ2n) is 7.25. The fourth-order valence-electron chi connectivity index (χ4n) is 3.58. The fourth-order valence-corrected chi connectivity index (χ4v) is 3.83. The van der Waals surface area contributed by atoms with Crippen LogP contribution in [-0.4, -0.2) is 5.78 Å². The van der Waals surface area contributed by atoms with Gasteiger partial charge in [-0.1, -0.05) is 96.0 Å². The molecule has 0 amide bonds. The maximum atomic E-state index is 13.5. The third-order valence-electron chi connectivity index (χ3n) is 5.14. The van der Waals surface area contributed by atoms with E-state index >= 15 is 0 Å². The van der Waals surface area contributed by atoms with Gasteiger partial charge in [0.1, 0.15) is 0 Å². The van der Waals surface area contributed by atoms with Crippen molar-refractivity contribution in [1.29, 1.82) is 0 Å². The van der Waals surface area contributed by atoms with Gasteiger partial charge in [-0.15, -0.1) is 0 Å². The van der Waals surface area contributed by atoms with Crippen molar-refractivity contribution in [2.45, 2.75) is 12.8 Å². The van der Waals surface area contributed by atoms with E-state index in [-0.39, 0.29) is 5.78 Å². The van der Waals surface area contributed by atoms with Crippen molar-refractivity contribution < 1.29 is 4.79 Å². The van der Waals surface area contributed by atoms with Crippen LogP contribution in [-0.2, 0) is 12.8 Å². The summed E-state index contributed by atoms with van der Waals surface area (Å²) in [5.74, 6) is 0.0455. The molecule has 0 unspecified atom stereocenters. The number of ketones is 1. The summed E-state index contributed by atoms with van der Waals surface area (Å²) < 4.78 is 0. The first-order valence-corrected chi connectivity index (χ1v) is 10.5. The van der Waals surface area contributed by atoms with Crippen molar-refractivity contribution >= 4 is 29.0 Å². The van der Waals surface area contributed by atoms with Crippen molar-refractivity contribution in [3.63, 3.8) is 0 Å². The molecule has 0 aliphatic carbocycles. The zero-order chi connectivity index (χ0) is 20.9. The van der Waals surface area contributed by atoms with Crippen LogP contribution >= 0.6 is 23.2 Å². The van der Waals surface area contributed by atoms with Crippen molar-refractivity contribution in [3.8, 4) is 0 Å². The number of hydrogen-bond donors (Lipinski definition) is 0. The van der Waals surface area contributed by atoms with Gasteiger partial charge in [0.2, 0.25) is 0 Å². The molecule has 0 N–H and O–H groups in total. The van der Waals surface area contributed by atoms with E-state index in [4.69, 9.17) is 23.2 Å². The molecule has 0 aromatic heterocycles. The Morgan fingerprint density at radius 3 is 1.30 bits per heavy atom. The molecule has 148 valence electrons. The van der Waals surface area contributed by atoms with Crippen molar-refractivity contribution in [2.75, 3.05) is 0 Å². The fraction of sp³-hybridized carbons (Fsp3) is 0.0741. The summed E-state index contributed by atoms with van der Waals surface area (Å²) in [7, 11) is 0. The van der Waals surface area contributed by atoms with Crippen LogP contribution in [0, 0.1) is 0 Å². The molecule has 0 saturated carbocycles. The molecular formula is C27H20Cl2O. The largest absolute Gasteiger partial charge is 0.289 e. The molecule has 0 spiro atoms. The minimum atomic E-state index is 0.0455. The van der Waals surface area contributed by atoms with Crippen LogP contribution < -0.4 is 0 Å². The molecule has 4 rings (SSSR count). The molecule has 0 radical (unpaired) electrons. The maximum Gasteiger partial charge on any atom is 0.193 e. The smallest absolute Gasteiger partial charge is 0.193 e. The van der Waals surface area contributed by atoms with Gasteiger partial charge in [-0.05, 0) is 59.4 Å². The first-order chi connectivity index (χ1) is 14.6. The van der Waals surface area contributed by atoms with Gasteiger partial charge in [-0.2, -0.15) is 0 Å². The molecule has 1 nitrogen and oxygen atoms in total. The minimum Gasteiger partial charge on any atom is -0.289 e. The summed E-state index contributed by atoms with van der Waals surface area (Å²) >= 11 is 12.0. The zero-order valence-corrected chi connectivity index (χ0v) is 17.8. The third kappa shape index (κ3) is 4.81. The molecule has 0 aliphatic rings. The van der Waals surface area contributed by atoms with E-state index in [9.17, 15) is 4.79 Å². The van der Waals surface area contributed by atoms with Gasteiger partial charge in [0.15, 0.2) is 5.78 Å². The lowest BCUT2D eigenvalue weighted by molar-refractivity contribution is 0.103. The molecule has 0 saturated heterocycles. The molecule has 4 aromatic rings. The summed E-state index contributed by atoms with van der Waals surface area (Å²) in [6, 6.07) is 31.1. The molecule has 4 aromatic carbocycles. The van der Waals surface area contributed by atoms with Gasteiger partial charge < -0.3 is 0 Å². The monoisotopic (exact) mass is 430 g/mol. The Morgan fingerprint density at radius 1 is 0.533 bits per heavy atom. The Hall–Kier alpha value is -2.87. The van der Waals surface area contributed by atoms with Gasteiger partial charge in [0.25, 0.3) is 0 Å². The lowest BCUT2D eigenvalue weighted by Gasteiger charge is -2.13. The van der Waals surface area contributed by atoms with Crippen LogP contribution in [0.3, 0.4) is 0 Å². The van der Waals surface area contributed by atoms with Crippen LogP contribution in [0.4, 0.5) is 0 Å². The van der Waals surface area contributed by atoms with Gasteiger partial charge in [-0.3, -0.25) is 4.79 Å². The number of hydrogen-bond acceptors (Lipinski definition) is 1. The lowest BCUT2D eigenvalue weighted by Crippen LogP contribution is -2.09. The molecule has 0 fully saturated rings. The minimum absolute atomic E-state index is 0.0455. The number of rotatable bonds is 6. The number of benzene rings is 4. The molecular weight excluding hydrogens is 411 g/mol. The first kappa shape index (κ1) is 20.4. The van der Waals surface area contributed by atoms with Gasteiger partial charge in [-0.25, -0.2) is 0 Å². The molecule has 0 aliphatic heterocycles. The molecule has 0 bridgehead atoms. The standard InChI is InChI=1S/C27H20Cl2O/c28-23-13-9-19(10-14-23)17-21-5-1-3-7-25(21)27(30)26-8-4-2-6-22(26)18-20-11-15-24(29)16-12-20/h1-16H,17-18H2. The van der Waals surface area contributed by atoms with Crippen molar-refractivity contribution in [2.24, 2.45) is 0 Å². The van der Waals surface area contributed by atoms with Crippen LogP contribution in [0.15, 0.2) is 97.1 Å². The van der Waals surface area contributed by atoms with E-state index in [0.717, 1.165) is 33.4 Å². The third-order valence-corrected chi connectivity index (χ3v) is 5.64. The average Bonchev–Trinajstić information content (AvgIpc) is 2.77. The lowest BCUT2D eigenvalue weighted by atomic mass is 9.90. The van der Waals surface area contributed by atoms with Gasteiger partial charge in [0.05, 0.1) is 0 Å². The predicted octanol–water partition coefficient (Wildman–Crippen LogP) is 7.41. The Balaban J connectivity index is 1.65. The topological polar surface area (TPSA) is 17.1 Å². The second kappa shape index (κ2) is 9.30. The van der Waals surface area contributed by atoms with Crippen LogP contribution in [0.2, 0.25) is 10.0 Å². The van der Waals surface area contributed by atoms with Crippen molar-refractivity contribution in [1.82, 2.24) is 0 Å². The number of halogens is 2. The second-order valence-corrected chi connectivity index (χ2v) is 8.12. The van der Waals surface area contributed by atoms with E-state index in [2.05, 4.69) is 0 Å². The zero-order valence-electron chi connectivity index (χ0n) is 16.3. The van der Waals surface area contributed by atoms with E-state index in [1.54, 1.807) is 0 Å². The van der Waals surface area contributed by atoms with Crippen LogP contribution in [0.5, 0.6) is 0 Å². The van der Waals surface area contributed by atoms with E-state index < -0.39 is 0 Å². The Kier molecular flexibility index (Phi) is 6.32. The summed E-state index contributed by atoms with van der Waals surface area (Å²) in [5.41, 5.74) is 5.72. The Morgan fingerprint density at radius 2 is 0.900 bits per heavy atom. The SMILES string of the molecule is O=C(c1ccccc1Cc1ccc(Cl)cc1)c1ccccc1Cc1ccc(Cl)cc1. The molecule has 3 heteroatoms. The highest BCUT2D eigenvalue weighted by Crippen LogP contribution is 2.23. The summed E-state index contributed by atoms with van der Waals surface area (Å²) in [5, 5.41) is 1.42. The average molecular weight is 431 g/mol. The van der Waals surface area contributed by atoms with E-state index in [1.807, 2.05) is 97.1 Å². The maximum absolute atomic E-state index is 13.5. The quantitative estimate of drug-likeness (QED) is 0.291. The number of carbonyl (C=O) groups is 1. The van der Waals surface area contributed by atoms with E-state index in [0.29, 0.717) is 22.9 Å². The van der Waals surface area contributed by atoms with Gasteiger partial charge in [0, 0.05) is 21.2 Å². The van der Waals surface area contributed by atoms with Gasteiger partial charge >= 0.3 is 0 Å². The Bertz CT molecular complexity index is 1070. The van der Waals surface area contributed by atoms with Crippen LogP contribution in [0.25, 0.3) is 0 Å². The van der Waals surface area contributed by atoms with Crippen LogP contribution in [0.1, 0.15) is 38.2 Å². The molecule has 0 heterocycles. The highest BCUT2D eigenvalue weighted by Gasteiger charge is 2.17. The highest BCUT2D eigenvalue weighted by molar-refractivity contribution is 6.30. The summed E-state index contributed by atoms with van der Waals surface area (Å²) in [6.07, 6.45) is 1.36. The Labute approximate surface area is 186 Å². The highest BCUT2D eigenvalue weighted by atomic mass is 35.5. The number of carbonyl (C=O) groups excluding carboxylic acids is 1. The summed E-state index contributed by atoms with van der Waals surface area (Å²) in [4.78, 5) is 13.5. The first-order valence-electron chi connectivity index (χ1n) is 9.79. The summed E-state index contributed by atoms with van der Waals surface area (Å²) in [6.45, 7) is 0. The van der Waals surface area contributed by atoms with Crippen molar-refractivity contribution in [3.05, 3.63) is 140 Å². The normalized spacial score (nSPS) is 10.7. The molecule has 30 heavy (non-hydrogen) atoms. The predicted molar refractivity (Wildman–Crippen MR) is 125 cm³/mol.